The van der Waals surface area contributed by atoms with E-state index in [1.54, 1.807) is 6.92 Å². The molecule has 1 fully saturated rings. The second kappa shape index (κ2) is 6.58. The molecule has 1 aliphatic rings. The van der Waals surface area contributed by atoms with E-state index in [9.17, 15) is 9.59 Å². The molecule has 5 nitrogen and oxygen atoms in total. The largest absolute Gasteiger partial charge is 0.462 e. The van der Waals surface area contributed by atoms with Crippen LogP contribution in [0.3, 0.4) is 0 Å². The first kappa shape index (κ1) is 16.0. The third kappa shape index (κ3) is 3.27. The molecule has 1 saturated heterocycles. The van der Waals surface area contributed by atoms with Crippen molar-refractivity contribution in [3.8, 4) is 0 Å². The van der Waals surface area contributed by atoms with Crippen molar-refractivity contribution in [2.75, 3.05) is 18.5 Å². The molecule has 1 amide bonds. The molecule has 2 unspecified atom stereocenters. The quantitative estimate of drug-likeness (QED) is 0.838. The molecule has 1 aromatic heterocycles. The van der Waals surface area contributed by atoms with E-state index in [1.807, 2.05) is 13.8 Å². The molecule has 1 aromatic rings. The predicted molar refractivity (Wildman–Crippen MR) is 84.0 cm³/mol. The molecule has 0 bridgehead atoms. The number of anilines is 1. The van der Waals surface area contributed by atoms with Crippen molar-refractivity contribution in [3.63, 3.8) is 0 Å². The summed E-state index contributed by atoms with van der Waals surface area (Å²) >= 11 is 1.42. The number of nitrogens with one attached hydrogen (secondary N) is 2. The van der Waals surface area contributed by atoms with Crippen LogP contribution in [0.4, 0.5) is 5.00 Å². The summed E-state index contributed by atoms with van der Waals surface area (Å²) in [7, 11) is 0. The standard InChI is InChI=1S/C15H22N2O3S/c1-5-20-15(19)11-9(3)10(4)21-14(11)17-13(18)12-8(2)6-7-16-12/h8,12,16H,5-7H2,1-4H3,(H,17,18). The van der Waals surface area contributed by atoms with Crippen LogP contribution in [0.5, 0.6) is 0 Å². The molecular weight excluding hydrogens is 288 g/mol. The van der Waals surface area contributed by atoms with Crippen molar-refractivity contribution in [2.24, 2.45) is 5.92 Å². The third-order valence-electron chi connectivity index (χ3n) is 3.92. The minimum Gasteiger partial charge on any atom is -0.462 e. The van der Waals surface area contributed by atoms with Crippen LogP contribution in [-0.2, 0) is 9.53 Å². The van der Waals surface area contributed by atoms with Crippen LogP contribution in [0.25, 0.3) is 0 Å². The Morgan fingerprint density at radius 1 is 1.43 bits per heavy atom. The molecule has 116 valence electrons. The van der Waals surface area contributed by atoms with E-state index in [-0.39, 0.29) is 17.9 Å². The Hall–Kier alpha value is -1.40. The molecule has 1 aliphatic heterocycles. The molecular formula is C15H22N2O3S. The van der Waals surface area contributed by atoms with Gasteiger partial charge in [0.2, 0.25) is 5.91 Å². The van der Waals surface area contributed by atoms with Crippen molar-refractivity contribution >= 4 is 28.2 Å². The van der Waals surface area contributed by atoms with E-state index >= 15 is 0 Å². The molecule has 6 heteroatoms. The van der Waals surface area contributed by atoms with Crippen LogP contribution < -0.4 is 10.6 Å². The van der Waals surface area contributed by atoms with Gasteiger partial charge in [0.1, 0.15) is 5.00 Å². The number of carbonyl (C=O) groups is 2. The second-order valence-electron chi connectivity index (χ2n) is 5.39. The average Bonchev–Trinajstić information content (AvgIpc) is 2.95. The summed E-state index contributed by atoms with van der Waals surface area (Å²) in [5, 5.41) is 6.69. The monoisotopic (exact) mass is 310 g/mol. The first-order valence-electron chi connectivity index (χ1n) is 7.27. The number of carbonyl (C=O) groups excluding carboxylic acids is 2. The summed E-state index contributed by atoms with van der Waals surface area (Å²) in [5.74, 6) is -0.146. The van der Waals surface area contributed by atoms with E-state index in [0.717, 1.165) is 23.4 Å². The van der Waals surface area contributed by atoms with Gasteiger partial charge in [0.15, 0.2) is 0 Å². The molecule has 0 saturated carbocycles. The first-order chi connectivity index (χ1) is 9.95. The minimum absolute atomic E-state index is 0.0770. The van der Waals surface area contributed by atoms with Gasteiger partial charge >= 0.3 is 5.97 Å². The lowest BCUT2D eigenvalue weighted by Gasteiger charge is -2.15. The molecule has 2 N–H and O–H groups in total. The number of hydrogen-bond acceptors (Lipinski definition) is 5. The topological polar surface area (TPSA) is 67.4 Å². The maximum absolute atomic E-state index is 12.4. The van der Waals surface area contributed by atoms with Crippen LogP contribution in [0.1, 0.15) is 41.1 Å². The highest BCUT2D eigenvalue weighted by Gasteiger charge is 2.31. The van der Waals surface area contributed by atoms with Crippen molar-refractivity contribution in [2.45, 2.75) is 40.2 Å². The molecule has 0 aromatic carbocycles. The molecule has 21 heavy (non-hydrogen) atoms. The van der Waals surface area contributed by atoms with Crippen LogP contribution >= 0.6 is 11.3 Å². The Labute approximate surface area is 129 Å². The van der Waals surface area contributed by atoms with Crippen LogP contribution in [-0.4, -0.2) is 31.1 Å². The highest BCUT2D eigenvalue weighted by Crippen LogP contribution is 2.33. The number of ether oxygens (including phenoxy) is 1. The molecule has 2 rings (SSSR count). The van der Waals surface area contributed by atoms with E-state index in [4.69, 9.17) is 4.74 Å². The van der Waals surface area contributed by atoms with Gasteiger partial charge in [-0.3, -0.25) is 4.79 Å². The lowest BCUT2D eigenvalue weighted by Crippen LogP contribution is -2.39. The Bertz CT molecular complexity index is 553. The van der Waals surface area contributed by atoms with E-state index < -0.39 is 0 Å². The molecule has 2 atom stereocenters. The van der Waals surface area contributed by atoms with Gasteiger partial charge in [0, 0.05) is 4.88 Å². The first-order valence-corrected chi connectivity index (χ1v) is 8.08. The van der Waals surface area contributed by atoms with Gasteiger partial charge in [-0.1, -0.05) is 6.92 Å². The number of rotatable bonds is 4. The average molecular weight is 310 g/mol. The zero-order chi connectivity index (χ0) is 15.6. The second-order valence-corrected chi connectivity index (χ2v) is 6.62. The minimum atomic E-state index is -0.373. The number of esters is 1. The van der Waals surface area contributed by atoms with Crippen molar-refractivity contribution in [1.82, 2.24) is 5.32 Å². The highest BCUT2D eigenvalue weighted by atomic mass is 32.1. The summed E-state index contributed by atoms with van der Waals surface area (Å²) in [6.07, 6.45) is 0.991. The van der Waals surface area contributed by atoms with Crippen molar-refractivity contribution in [3.05, 3.63) is 16.0 Å². The maximum atomic E-state index is 12.4. The molecule has 0 aliphatic carbocycles. The SMILES string of the molecule is CCOC(=O)c1c(NC(=O)C2NCCC2C)sc(C)c1C. The lowest BCUT2D eigenvalue weighted by molar-refractivity contribution is -0.118. The van der Waals surface area contributed by atoms with Gasteiger partial charge in [-0.2, -0.15) is 0 Å². The van der Waals surface area contributed by atoms with Crippen molar-refractivity contribution < 1.29 is 14.3 Å². The number of aryl methyl sites for hydroxylation is 1. The van der Waals surface area contributed by atoms with Gasteiger partial charge in [0.05, 0.1) is 18.2 Å². The summed E-state index contributed by atoms with van der Waals surface area (Å²) in [4.78, 5) is 25.5. The molecule has 0 spiro atoms. The smallest absolute Gasteiger partial charge is 0.341 e. The molecule has 0 radical (unpaired) electrons. The fourth-order valence-electron chi connectivity index (χ4n) is 2.54. The van der Waals surface area contributed by atoms with Crippen LogP contribution in [0, 0.1) is 19.8 Å². The third-order valence-corrected chi connectivity index (χ3v) is 5.04. The Morgan fingerprint density at radius 3 is 2.71 bits per heavy atom. The predicted octanol–water partition coefficient (Wildman–Crippen LogP) is 2.48. The van der Waals surface area contributed by atoms with Crippen molar-refractivity contribution in [1.29, 1.82) is 0 Å². The van der Waals surface area contributed by atoms with E-state index in [0.29, 0.717) is 23.1 Å². The molecule has 2 heterocycles. The maximum Gasteiger partial charge on any atom is 0.341 e. The Morgan fingerprint density at radius 2 is 2.14 bits per heavy atom. The summed E-state index contributed by atoms with van der Waals surface area (Å²) in [6.45, 7) is 8.82. The Kier molecular flexibility index (Phi) is 5.00. The zero-order valence-electron chi connectivity index (χ0n) is 12.9. The highest BCUT2D eigenvalue weighted by molar-refractivity contribution is 7.16. The number of hydrogen-bond donors (Lipinski definition) is 2. The number of thiophene rings is 1. The summed E-state index contributed by atoms with van der Waals surface area (Å²) < 4.78 is 5.09. The van der Waals surface area contributed by atoms with Crippen LogP contribution in [0.15, 0.2) is 0 Å². The fraction of sp³-hybridized carbons (Fsp3) is 0.600. The Balaban J connectivity index is 2.21. The van der Waals surface area contributed by atoms with E-state index in [2.05, 4.69) is 17.6 Å². The van der Waals surface area contributed by atoms with Gasteiger partial charge in [-0.15, -0.1) is 11.3 Å². The normalized spacial score (nSPS) is 21.3. The fourth-order valence-corrected chi connectivity index (χ4v) is 3.59. The number of amides is 1. The van der Waals surface area contributed by atoms with Gasteiger partial charge in [-0.25, -0.2) is 4.79 Å². The van der Waals surface area contributed by atoms with Gasteiger partial charge < -0.3 is 15.4 Å². The summed E-state index contributed by atoms with van der Waals surface area (Å²) in [5.41, 5.74) is 1.36. The zero-order valence-corrected chi connectivity index (χ0v) is 13.7. The van der Waals surface area contributed by atoms with Gasteiger partial charge in [-0.05, 0) is 45.2 Å². The van der Waals surface area contributed by atoms with Gasteiger partial charge in [0.25, 0.3) is 0 Å². The lowest BCUT2D eigenvalue weighted by atomic mass is 10.0. The summed E-state index contributed by atoms with van der Waals surface area (Å²) in [6, 6.07) is -0.192. The van der Waals surface area contributed by atoms with E-state index in [1.165, 1.54) is 11.3 Å². The van der Waals surface area contributed by atoms with Crippen LogP contribution in [0.2, 0.25) is 0 Å².